The molecule has 1 N–H and O–H groups in total. The van der Waals surface area contributed by atoms with E-state index in [1.807, 2.05) is 13.1 Å². The van der Waals surface area contributed by atoms with Crippen LogP contribution in [0.2, 0.25) is 0 Å². The Balaban J connectivity index is 2.18. The van der Waals surface area contributed by atoms with Crippen molar-refractivity contribution in [1.82, 2.24) is 10.2 Å². The standard InChI is InChI=1S/C9H15N3O/c1-12-6-4-8(7-12)11-9(13)3-2-5-10/h8H,2-4,6-7H2,1H3,(H,11,13). The third kappa shape index (κ3) is 3.43. The average molecular weight is 181 g/mol. The number of nitrogens with one attached hydrogen (secondary N) is 1. The number of carbonyl (C=O) groups is 1. The molecule has 0 spiro atoms. The van der Waals surface area contributed by atoms with Crippen molar-refractivity contribution in [2.45, 2.75) is 25.3 Å². The predicted octanol–water partition coefficient (Wildman–Crippen LogP) is 0.110. The molecule has 1 heterocycles. The van der Waals surface area contributed by atoms with Crippen LogP contribution >= 0.6 is 0 Å². The lowest BCUT2D eigenvalue weighted by atomic mass is 10.2. The van der Waals surface area contributed by atoms with Gasteiger partial charge in [0.15, 0.2) is 0 Å². The zero-order valence-corrected chi connectivity index (χ0v) is 7.92. The fourth-order valence-electron chi connectivity index (χ4n) is 1.52. The summed E-state index contributed by atoms with van der Waals surface area (Å²) in [6, 6.07) is 2.25. The number of hydrogen-bond acceptors (Lipinski definition) is 3. The van der Waals surface area contributed by atoms with Gasteiger partial charge in [-0.1, -0.05) is 0 Å². The van der Waals surface area contributed by atoms with Crippen LogP contribution in [0.5, 0.6) is 0 Å². The molecule has 0 aliphatic carbocycles. The maximum absolute atomic E-state index is 11.2. The SMILES string of the molecule is CN1CCC(NC(=O)CCC#N)C1. The molecule has 1 amide bonds. The first-order valence-electron chi connectivity index (χ1n) is 4.57. The number of likely N-dealkylation sites (N-methyl/N-ethyl adjacent to an activating group) is 1. The summed E-state index contributed by atoms with van der Waals surface area (Å²) in [5, 5.41) is 11.2. The first-order chi connectivity index (χ1) is 6.22. The van der Waals surface area contributed by atoms with Gasteiger partial charge in [0, 0.05) is 25.4 Å². The van der Waals surface area contributed by atoms with Crippen molar-refractivity contribution in [3.05, 3.63) is 0 Å². The molecular weight excluding hydrogens is 166 g/mol. The molecule has 0 aromatic carbocycles. The maximum Gasteiger partial charge on any atom is 0.221 e. The molecule has 0 radical (unpaired) electrons. The van der Waals surface area contributed by atoms with Gasteiger partial charge in [0.1, 0.15) is 0 Å². The van der Waals surface area contributed by atoms with E-state index in [9.17, 15) is 4.79 Å². The Hall–Kier alpha value is -1.08. The quantitative estimate of drug-likeness (QED) is 0.672. The molecular formula is C9H15N3O. The van der Waals surface area contributed by atoms with Gasteiger partial charge in [0.2, 0.25) is 5.91 Å². The molecule has 13 heavy (non-hydrogen) atoms. The Labute approximate surface area is 78.5 Å². The van der Waals surface area contributed by atoms with E-state index in [1.165, 1.54) is 0 Å². The number of carbonyl (C=O) groups excluding carboxylic acids is 1. The molecule has 0 aromatic rings. The molecule has 0 bridgehead atoms. The Bertz CT molecular complexity index is 221. The van der Waals surface area contributed by atoms with Gasteiger partial charge in [-0.05, 0) is 20.0 Å². The summed E-state index contributed by atoms with van der Waals surface area (Å²) in [5.74, 6) is 0.00171. The molecule has 1 atom stereocenters. The van der Waals surface area contributed by atoms with Gasteiger partial charge in [-0.15, -0.1) is 0 Å². The van der Waals surface area contributed by atoms with E-state index < -0.39 is 0 Å². The first kappa shape index (κ1) is 10.0. The molecule has 4 heteroatoms. The molecule has 0 aromatic heterocycles. The fraction of sp³-hybridized carbons (Fsp3) is 0.778. The summed E-state index contributed by atoms with van der Waals surface area (Å²) in [5.41, 5.74) is 0. The molecule has 1 rings (SSSR count). The first-order valence-corrected chi connectivity index (χ1v) is 4.57. The fourth-order valence-corrected chi connectivity index (χ4v) is 1.52. The van der Waals surface area contributed by atoms with Gasteiger partial charge >= 0.3 is 0 Å². The monoisotopic (exact) mass is 181 g/mol. The van der Waals surface area contributed by atoms with Crippen molar-refractivity contribution in [1.29, 1.82) is 5.26 Å². The highest BCUT2D eigenvalue weighted by molar-refractivity contribution is 5.76. The number of likely N-dealkylation sites (tertiary alicyclic amines) is 1. The Morgan fingerprint density at radius 1 is 1.77 bits per heavy atom. The second kappa shape index (κ2) is 4.83. The van der Waals surface area contributed by atoms with Gasteiger partial charge in [-0.3, -0.25) is 4.79 Å². The van der Waals surface area contributed by atoms with E-state index in [0.29, 0.717) is 12.8 Å². The third-order valence-electron chi connectivity index (χ3n) is 2.22. The summed E-state index contributed by atoms with van der Waals surface area (Å²) < 4.78 is 0. The van der Waals surface area contributed by atoms with Gasteiger partial charge in [-0.2, -0.15) is 5.26 Å². The van der Waals surface area contributed by atoms with E-state index in [-0.39, 0.29) is 11.9 Å². The Morgan fingerprint density at radius 3 is 3.08 bits per heavy atom. The number of rotatable bonds is 3. The Morgan fingerprint density at radius 2 is 2.54 bits per heavy atom. The topological polar surface area (TPSA) is 56.1 Å². The molecule has 0 saturated carbocycles. The number of nitrogens with zero attached hydrogens (tertiary/aromatic N) is 2. The lowest BCUT2D eigenvalue weighted by molar-refractivity contribution is -0.121. The van der Waals surface area contributed by atoms with Crippen LogP contribution in [0, 0.1) is 11.3 Å². The van der Waals surface area contributed by atoms with Crippen LogP contribution in [-0.4, -0.2) is 37.0 Å². The highest BCUT2D eigenvalue weighted by Crippen LogP contribution is 2.06. The minimum absolute atomic E-state index is 0.00171. The van der Waals surface area contributed by atoms with E-state index in [0.717, 1.165) is 19.5 Å². The normalized spacial score (nSPS) is 22.6. The van der Waals surface area contributed by atoms with Crippen LogP contribution in [0.3, 0.4) is 0 Å². The van der Waals surface area contributed by atoms with Crippen molar-refractivity contribution in [3.63, 3.8) is 0 Å². The number of amides is 1. The zero-order valence-electron chi connectivity index (χ0n) is 7.92. The van der Waals surface area contributed by atoms with Crippen LogP contribution in [0.15, 0.2) is 0 Å². The summed E-state index contributed by atoms with van der Waals surface area (Å²) in [7, 11) is 2.04. The van der Waals surface area contributed by atoms with Gasteiger partial charge < -0.3 is 10.2 Å². The lowest BCUT2D eigenvalue weighted by Gasteiger charge is -2.11. The average Bonchev–Trinajstić information content (AvgIpc) is 2.48. The number of nitriles is 1. The van der Waals surface area contributed by atoms with Crippen LogP contribution < -0.4 is 5.32 Å². The van der Waals surface area contributed by atoms with Crippen molar-refractivity contribution in [3.8, 4) is 6.07 Å². The van der Waals surface area contributed by atoms with E-state index >= 15 is 0 Å². The number of hydrogen-bond donors (Lipinski definition) is 1. The molecule has 1 fully saturated rings. The van der Waals surface area contributed by atoms with Gasteiger partial charge in [0.25, 0.3) is 0 Å². The Kier molecular flexibility index (Phi) is 3.71. The largest absolute Gasteiger partial charge is 0.352 e. The molecule has 1 unspecified atom stereocenters. The van der Waals surface area contributed by atoms with Crippen LogP contribution in [0.4, 0.5) is 0 Å². The van der Waals surface area contributed by atoms with Crippen molar-refractivity contribution in [2.24, 2.45) is 0 Å². The maximum atomic E-state index is 11.2. The highest BCUT2D eigenvalue weighted by atomic mass is 16.1. The molecule has 72 valence electrons. The van der Waals surface area contributed by atoms with Crippen molar-refractivity contribution < 1.29 is 4.79 Å². The second-order valence-electron chi connectivity index (χ2n) is 3.47. The van der Waals surface area contributed by atoms with Gasteiger partial charge in [-0.25, -0.2) is 0 Å². The highest BCUT2D eigenvalue weighted by Gasteiger charge is 2.20. The predicted molar refractivity (Wildman–Crippen MR) is 48.9 cm³/mol. The lowest BCUT2D eigenvalue weighted by Crippen LogP contribution is -2.36. The van der Waals surface area contributed by atoms with Gasteiger partial charge in [0.05, 0.1) is 6.07 Å². The minimum atomic E-state index is 0.00171. The van der Waals surface area contributed by atoms with Crippen molar-refractivity contribution in [2.75, 3.05) is 20.1 Å². The minimum Gasteiger partial charge on any atom is -0.352 e. The summed E-state index contributed by atoms with van der Waals surface area (Å²) >= 11 is 0. The van der Waals surface area contributed by atoms with Crippen LogP contribution in [0.1, 0.15) is 19.3 Å². The summed E-state index contributed by atoms with van der Waals surface area (Å²) in [4.78, 5) is 13.4. The molecule has 1 aliphatic heterocycles. The second-order valence-corrected chi connectivity index (χ2v) is 3.47. The molecule has 4 nitrogen and oxygen atoms in total. The van der Waals surface area contributed by atoms with E-state index in [4.69, 9.17) is 5.26 Å². The third-order valence-corrected chi connectivity index (χ3v) is 2.22. The van der Waals surface area contributed by atoms with E-state index in [1.54, 1.807) is 0 Å². The van der Waals surface area contributed by atoms with E-state index in [2.05, 4.69) is 10.2 Å². The van der Waals surface area contributed by atoms with Crippen LogP contribution in [-0.2, 0) is 4.79 Å². The van der Waals surface area contributed by atoms with Crippen molar-refractivity contribution >= 4 is 5.91 Å². The summed E-state index contributed by atoms with van der Waals surface area (Å²) in [6.45, 7) is 1.97. The smallest absolute Gasteiger partial charge is 0.221 e. The molecule has 1 aliphatic rings. The summed E-state index contributed by atoms with van der Waals surface area (Å²) in [6.07, 6.45) is 1.67. The van der Waals surface area contributed by atoms with Crippen LogP contribution in [0.25, 0.3) is 0 Å². The molecule has 1 saturated heterocycles. The zero-order chi connectivity index (χ0) is 9.68.